The van der Waals surface area contributed by atoms with Crippen molar-refractivity contribution in [2.24, 2.45) is 5.92 Å². The first kappa shape index (κ1) is 25.1. The van der Waals surface area contributed by atoms with Crippen molar-refractivity contribution in [3.63, 3.8) is 0 Å². The van der Waals surface area contributed by atoms with E-state index in [1.54, 1.807) is 0 Å². The molecule has 0 N–H and O–H groups in total. The van der Waals surface area contributed by atoms with Crippen LogP contribution in [-0.2, 0) is 6.11 Å². The van der Waals surface area contributed by atoms with Gasteiger partial charge in [0.25, 0.3) is 0 Å². The number of hydrogen-bond donors (Lipinski definition) is 0. The van der Waals surface area contributed by atoms with Crippen molar-refractivity contribution in [1.82, 2.24) is 0 Å². The molecule has 0 amide bonds. The van der Waals surface area contributed by atoms with Gasteiger partial charge in [-0.15, -0.1) is 0 Å². The van der Waals surface area contributed by atoms with Gasteiger partial charge in [0.1, 0.15) is 40.4 Å². The van der Waals surface area contributed by atoms with Crippen molar-refractivity contribution < 1.29 is 35.5 Å². The van der Waals surface area contributed by atoms with Crippen molar-refractivity contribution in [2.45, 2.75) is 51.6 Å². The molecule has 4 rings (SSSR count). The molecule has 0 aliphatic heterocycles. The third-order valence-electron chi connectivity index (χ3n) is 6.56. The average molecular weight is 496 g/mol. The zero-order chi connectivity index (χ0) is 25.5. The highest BCUT2D eigenvalue weighted by molar-refractivity contribution is 5.66. The monoisotopic (exact) mass is 496 g/mol. The normalized spacial score (nSPS) is 18.5. The minimum Gasteiger partial charge on any atom is -0.429 e. The third kappa shape index (κ3) is 5.16. The van der Waals surface area contributed by atoms with Gasteiger partial charge >= 0.3 is 6.11 Å². The fraction of sp³-hybridized carbons (Fsp3) is 0.333. The summed E-state index contributed by atoms with van der Waals surface area (Å²) in [4.78, 5) is 0. The first-order valence-corrected chi connectivity index (χ1v) is 11.3. The second kappa shape index (κ2) is 9.55. The van der Waals surface area contributed by atoms with E-state index in [1.807, 2.05) is 0 Å². The number of benzene rings is 3. The summed E-state index contributed by atoms with van der Waals surface area (Å²) >= 11 is 0. The molecule has 35 heavy (non-hydrogen) atoms. The van der Waals surface area contributed by atoms with Gasteiger partial charge in [0.05, 0.1) is 5.56 Å². The van der Waals surface area contributed by atoms with E-state index < -0.39 is 52.1 Å². The summed E-state index contributed by atoms with van der Waals surface area (Å²) in [5.41, 5.74) is -1.90. The van der Waals surface area contributed by atoms with Gasteiger partial charge in [0.2, 0.25) is 0 Å². The number of halogens is 7. The molecule has 8 heteroatoms. The lowest BCUT2D eigenvalue weighted by Gasteiger charge is -2.27. The highest BCUT2D eigenvalue weighted by atomic mass is 19.3. The average Bonchev–Trinajstić information content (AvgIpc) is 2.75. The Morgan fingerprint density at radius 1 is 0.743 bits per heavy atom. The van der Waals surface area contributed by atoms with Crippen LogP contribution < -0.4 is 4.74 Å². The van der Waals surface area contributed by atoms with Crippen molar-refractivity contribution in [3.8, 4) is 16.9 Å². The lowest BCUT2D eigenvalue weighted by Crippen LogP contribution is -2.26. The third-order valence-corrected chi connectivity index (χ3v) is 6.56. The summed E-state index contributed by atoms with van der Waals surface area (Å²) in [6.07, 6.45) is -1.41. The second-order valence-corrected chi connectivity index (χ2v) is 9.16. The Hall–Kier alpha value is -3.03. The van der Waals surface area contributed by atoms with E-state index in [0.717, 1.165) is 31.0 Å². The van der Waals surface area contributed by atoms with E-state index in [1.165, 1.54) is 19.1 Å². The molecular weight excluding hydrogens is 473 g/mol. The summed E-state index contributed by atoms with van der Waals surface area (Å²) in [6, 6.07) is 6.14. The fourth-order valence-electron chi connectivity index (χ4n) is 4.53. The molecule has 1 fully saturated rings. The maximum atomic E-state index is 14.8. The summed E-state index contributed by atoms with van der Waals surface area (Å²) < 4.78 is 106. The van der Waals surface area contributed by atoms with Gasteiger partial charge in [-0.3, -0.25) is 0 Å². The smallest absolute Gasteiger partial charge is 0.429 e. The second-order valence-electron chi connectivity index (χ2n) is 9.16. The molecule has 3 aromatic carbocycles. The number of ether oxygens (including phenoxy) is 1. The number of alkyl halides is 2. The van der Waals surface area contributed by atoms with Gasteiger partial charge in [0, 0.05) is 12.1 Å². The molecule has 0 aromatic heterocycles. The fourth-order valence-corrected chi connectivity index (χ4v) is 4.53. The van der Waals surface area contributed by atoms with E-state index in [4.69, 9.17) is 0 Å². The molecule has 186 valence electrons. The summed E-state index contributed by atoms with van der Waals surface area (Å²) in [5, 5.41) is 0. The SMILES string of the molecule is Cc1ccc(-c2c(F)cc(OC(F)(F)c3c(F)cc(C4CCC(C)CC4)cc3F)cc2F)cc1F. The first-order chi connectivity index (χ1) is 16.5. The highest BCUT2D eigenvalue weighted by Gasteiger charge is 2.42. The van der Waals surface area contributed by atoms with Gasteiger partial charge in [-0.2, -0.15) is 8.78 Å². The summed E-state index contributed by atoms with van der Waals surface area (Å²) in [5.74, 6) is -6.94. The predicted octanol–water partition coefficient (Wildman–Crippen LogP) is 8.78. The van der Waals surface area contributed by atoms with Gasteiger partial charge in [0.15, 0.2) is 0 Å². The Balaban J connectivity index is 1.62. The Kier molecular flexibility index (Phi) is 6.84. The maximum Gasteiger partial charge on any atom is 0.432 e. The van der Waals surface area contributed by atoms with Crippen LogP contribution in [0.4, 0.5) is 30.7 Å². The summed E-state index contributed by atoms with van der Waals surface area (Å²) in [7, 11) is 0. The molecule has 0 unspecified atom stereocenters. The number of hydrogen-bond acceptors (Lipinski definition) is 1. The molecule has 3 aromatic rings. The quantitative estimate of drug-likeness (QED) is 0.321. The zero-order valence-corrected chi connectivity index (χ0v) is 19.1. The molecule has 1 saturated carbocycles. The number of aryl methyl sites for hydroxylation is 1. The number of rotatable bonds is 5. The lowest BCUT2D eigenvalue weighted by atomic mass is 9.79. The van der Waals surface area contributed by atoms with Crippen LogP contribution >= 0.6 is 0 Å². The minimum atomic E-state index is -4.55. The van der Waals surface area contributed by atoms with Crippen molar-refractivity contribution in [1.29, 1.82) is 0 Å². The van der Waals surface area contributed by atoms with E-state index in [2.05, 4.69) is 11.7 Å². The van der Waals surface area contributed by atoms with Gasteiger partial charge in [-0.25, -0.2) is 22.0 Å². The van der Waals surface area contributed by atoms with Crippen molar-refractivity contribution >= 4 is 0 Å². The Morgan fingerprint density at radius 3 is 1.86 bits per heavy atom. The predicted molar refractivity (Wildman–Crippen MR) is 118 cm³/mol. The van der Waals surface area contributed by atoms with Crippen LogP contribution in [0.5, 0.6) is 5.75 Å². The van der Waals surface area contributed by atoms with Gasteiger partial charge in [-0.1, -0.05) is 31.9 Å². The molecule has 0 bridgehead atoms. The molecule has 0 radical (unpaired) electrons. The van der Waals surface area contributed by atoms with Gasteiger partial charge < -0.3 is 4.74 Å². The highest BCUT2D eigenvalue weighted by Crippen LogP contribution is 2.41. The molecule has 1 aliphatic rings. The summed E-state index contributed by atoms with van der Waals surface area (Å²) in [6.45, 7) is 3.54. The van der Waals surface area contributed by atoms with Crippen LogP contribution in [-0.4, -0.2) is 0 Å². The van der Waals surface area contributed by atoms with Crippen molar-refractivity contribution in [2.75, 3.05) is 0 Å². The standard InChI is InChI=1S/C27H23F7O/c1-14-3-6-16(7-4-14)18-10-23(31)26(24(32)11-18)27(33,34)35-19-12-21(29)25(22(30)13-19)17-8-5-15(2)20(28)9-17/h5,8-14,16H,3-4,6-7H2,1-2H3. The molecule has 0 heterocycles. The van der Waals surface area contributed by atoms with E-state index in [-0.39, 0.29) is 17.0 Å². The van der Waals surface area contributed by atoms with Crippen LogP contribution in [0.25, 0.3) is 11.1 Å². The topological polar surface area (TPSA) is 9.23 Å². The van der Waals surface area contributed by atoms with E-state index in [9.17, 15) is 30.7 Å². The van der Waals surface area contributed by atoms with Crippen LogP contribution in [0.1, 0.15) is 55.2 Å². The molecule has 0 saturated heterocycles. The maximum absolute atomic E-state index is 14.8. The molecular formula is C27H23F7O. The minimum absolute atomic E-state index is 0.138. The van der Waals surface area contributed by atoms with Crippen LogP contribution in [0, 0.1) is 41.9 Å². The Bertz CT molecular complexity index is 1200. The largest absolute Gasteiger partial charge is 0.432 e. The van der Waals surface area contributed by atoms with Crippen molar-refractivity contribution in [3.05, 3.63) is 88.2 Å². The zero-order valence-electron chi connectivity index (χ0n) is 19.1. The lowest BCUT2D eigenvalue weighted by molar-refractivity contribution is -0.189. The Morgan fingerprint density at radius 2 is 1.31 bits per heavy atom. The van der Waals surface area contributed by atoms with Gasteiger partial charge in [-0.05, 0) is 66.5 Å². The molecule has 0 atom stereocenters. The van der Waals surface area contributed by atoms with E-state index in [0.29, 0.717) is 36.5 Å². The van der Waals surface area contributed by atoms with E-state index >= 15 is 0 Å². The molecule has 0 spiro atoms. The van der Waals surface area contributed by atoms with Crippen LogP contribution in [0.3, 0.4) is 0 Å². The molecule has 1 aliphatic carbocycles. The molecule has 1 nitrogen and oxygen atoms in total. The first-order valence-electron chi connectivity index (χ1n) is 11.3. The van der Waals surface area contributed by atoms with Crippen LogP contribution in [0.2, 0.25) is 0 Å². The van der Waals surface area contributed by atoms with Crippen LogP contribution in [0.15, 0.2) is 42.5 Å². The Labute approximate surface area is 198 Å².